The molecule has 1 saturated heterocycles. The molecule has 0 atom stereocenters. The first-order valence-electron chi connectivity index (χ1n) is 11.9. The Morgan fingerprint density at radius 3 is 2.14 bits per heavy atom. The van der Waals surface area contributed by atoms with Crippen LogP contribution in [0.3, 0.4) is 0 Å². The Labute approximate surface area is 221 Å². The molecular formula is C31H26N2O3S. The van der Waals surface area contributed by atoms with E-state index in [0.29, 0.717) is 34.7 Å². The molecule has 0 spiro atoms. The van der Waals surface area contributed by atoms with Crippen molar-refractivity contribution in [2.75, 3.05) is 7.11 Å². The highest BCUT2D eigenvalue weighted by Gasteiger charge is 2.33. The van der Waals surface area contributed by atoms with E-state index in [1.165, 1.54) is 11.8 Å². The molecule has 1 aliphatic rings. The van der Waals surface area contributed by atoms with Crippen LogP contribution in [0, 0.1) is 0 Å². The van der Waals surface area contributed by atoms with Crippen LogP contribution in [0.4, 0.5) is 5.69 Å². The number of hydrogen-bond acceptors (Lipinski definition) is 5. The maximum atomic E-state index is 13.5. The van der Waals surface area contributed by atoms with Gasteiger partial charge in [0, 0.05) is 0 Å². The minimum Gasteiger partial charge on any atom is -0.493 e. The maximum Gasteiger partial charge on any atom is 0.267 e. The van der Waals surface area contributed by atoms with Crippen molar-refractivity contribution in [1.82, 2.24) is 4.90 Å². The summed E-state index contributed by atoms with van der Waals surface area (Å²) in [7, 11) is 1.61. The van der Waals surface area contributed by atoms with Gasteiger partial charge in [0.15, 0.2) is 16.7 Å². The summed E-state index contributed by atoms with van der Waals surface area (Å²) in [6, 6.07) is 35.3. The van der Waals surface area contributed by atoms with Crippen LogP contribution in [-0.4, -0.2) is 23.1 Å². The number of rotatable bonds is 8. The average Bonchev–Trinajstić information content (AvgIpc) is 3.22. The van der Waals surface area contributed by atoms with E-state index in [2.05, 4.69) is 0 Å². The number of nitrogens with zero attached hydrogens (tertiary/aromatic N) is 2. The zero-order valence-corrected chi connectivity index (χ0v) is 21.2. The Kier molecular flexibility index (Phi) is 7.67. The number of aliphatic imine (C=N–C) groups is 1. The summed E-state index contributed by atoms with van der Waals surface area (Å²) < 4.78 is 11.6. The Hall–Kier alpha value is -4.29. The number of hydrogen-bond donors (Lipinski definition) is 0. The number of methoxy groups -OCH3 is 1. The van der Waals surface area contributed by atoms with Crippen molar-refractivity contribution < 1.29 is 14.3 Å². The summed E-state index contributed by atoms with van der Waals surface area (Å²) in [5.74, 6) is 1.18. The molecule has 1 fully saturated rings. The van der Waals surface area contributed by atoms with Crippen LogP contribution in [0.2, 0.25) is 0 Å². The third-order valence-corrected chi connectivity index (χ3v) is 6.78. The topological polar surface area (TPSA) is 51.1 Å². The van der Waals surface area contributed by atoms with E-state index in [1.807, 2.05) is 115 Å². The predicted octanol–water partition coefficient (Wildman–Crippen LogP) is 7.08. The molecule has 37 heavy (non-hydrogen) atoms. The third kappa shape index (κ3) is 6.11. The molecule has 0 bridgehead atoms. The second-order valence-electron chi connectivity index (χ2n) is 8.40. The lowest BCUT2D eigenvalue weighted by molar-refractivity contribution is -0.122. The van der Waals surface area contributed by atoms with Crippen LogP contribution in [0.15, 0.2) is 119 Å². The fraction of sp³-hybridized carbons (Fsp3) is 0.0968. The molecule has 1 heterocycles. The number of ether oxygens (including phenoxy) is 2. The van der Waals surface area contributed by atoms with Crippen molar-refractivity contribution in [3.8, 4) is 11.5 Å². The van der Waals surface area contributed by atoms with E-state index in [1.54, 1.807) is 12.0 Å². The van der Waals surface area contributed by atoms with E-state index < -0.39 is 0 Å². The van der Waals surface area contributed by atoms with Gasteiger partial charge in [0.05, 0.1) is 24.2 Å². The largest absolute Gasteiger partial charge is 0.493 e. The Bertz CT molecular complexity index is 1420. The predicted molar refractivity (Wildman–Crippen MR) is 150 cm³/mol. The Balaban J connectivity index is 1.40. The fourth-order valence-corrected chi connectivity index (χ4v) is 4.89. The number of carbonyl (C=O) groups is 1. The maximum absolute atomic E-state index is 13.5. The molecule has 0 unspecified atom stereocenters. The Morgan fingerprint density at radius 1 is 0.811 bits per heavy atom. The van der Waals surface area contributed by atoms with Gasteiger partial charge in [0.1, 0.15) is 6.61 Å². The van der Waals surface area contributed by atoms with E-state index in [9.17, 15) is 4.79 Å². The summed E-state index contributed by atoms with van der Waals surface area (Å²) in [5.41, 5.74) is 3.77. The molecule has 1 amide bonds. The van der Waals surface area contributed by atoms with Gasteiger partial charge >= 0.3 is 0 Å². The lowest BCUT2D eigenvalue weighted by Gasteiger charge is -2.15. The highest BCUT2D eigenvalue weighted by atomic mass is 32.2. The van der Waals surface area contributed by atoms with Gasteiger partial charge in [-0.3, -0.25) is 9.69 Å². The summed E-state index contributed by atoms with van der Waals surface area (Å²) in [4.78, 5) is 20.6. The first-order valence-corrected chi connectivity index (χ1v) is 12.7. The average molecular weight is 507 g/mol. The van der Waals surface area contributed by atoms with Gasteiger partial charge < -0.3 is 9.47 Å². The van der Waals surface area contributed by atoms with Crippen LogP contribution in [-0.2, 0) is 17.9 Å². The van der Waals surface area contributed by atoms with Gasteiger partial charge in [-0.25, -0.2) is 4.99 Å². The molecule has 4 aromatic rings. The standard InChI is InChI=1S/C31H26N2O3S/c1-35-28-19-25(17-18-27(28)36-22-24-13-7-3-8-14-24)20-29-30(34)33(21-23-11-5-2-6-12-23)31(37-29)32-26-15-9-4-10-16-26/h2-20H,21-22H2,1H3/b29-20+,32-31?. The lowest BCUT2D eigenvalue weighted by atomic mass is 10.1. The summed E-state index contributed by atoms with van der Waals surface area (Å²) >= 11 is 1.38. The van der Waals surface area contributed by atoms with E-state index in [0.717, 1.165) is 22.4 Å². The van der Waals surface area contributed by atoms with E-state index in [-0.39, 0.29) is 5.91 Å². The molecule has 0 radical (unpaired) electrons. The molecule has 0 aliphatic carbocycles. The van der Waals surface area contributed by atoms with Gasteiger partial charge in [-0.05, 0) is 58.8 Å². The summed E-state index contributed by atoms with van der Waals surface area (Å²) in [6.45, 7) is 0.894. The van der Waals surface area contributed by atoms with Crippen LogP contribution in [0.5, 0.6) is 11.5 Å². The first-order chi connectivity index (χ1) is 18.2. The fourth-order valence-electron chi connectivity index (χ4n) is 3.89. The minimum absolute atomic E-state index is 0.0769. The van der Waals surface area contributed by atoms with Crippen molar-refractivity contribution in [2.45, 2.75) is 13.2 Å². The molecular weight excluding hydrogens is 480 g/mol. The van der Waals surface area contributed by atoms with Crippen molar-refractivity contribution >= 4 is 34.6 Å². The first kappa shape index (κ1) is 24.4. The second-order valence-corrected chi connectivity index (χ2v) is 9.41. The molecule has 0 saturated carbocycles. The SMILES string of the molecule is COc1cc(/C=C2/SC(=Nc3ccccc3)N(Cc3ccccc3)C2=O)ccc1OCc1ccccc1. The second kappa shape index (κ2) is 11.6. The molecule has 0 N–H and O–H groups in total. The zero-order chi connectivity index (χ0) is 25.5. The number of thioether (sulfide) groups is 1. The highest BCUT2D eigenvalue weighted by molar-refractivity contribution is 8.18. The van der Waals surface area contributed by atoms with Gasteiger partial charge in [-0.15, -0.1) is 0 Å². The quantitative estimate of drug-likeness (QED) is 0.240. The molecule has 5 nitrogen and oxygen atoms in total. The van der Waals surface area contributed by atoms with Crippen LogP contribution < -0.4 is 9.47 Å². The summed E-state index contributed by atoms with van der Waals surface area (Å²) in [6.07, 6.45) is 1.88. The van der Waals surface area contributed by atoms with Crippen LogP contribution in [0.25, 0.3) is 6.08 Å². The molecule has 184 valence electrons. The van der Waals surface area contributed by atoms with Crippen molar-refractivity contribution in [3.63, 3.8) is 0 Å². The van der Waals surface area contributed by atoms with Crippen LogP contribution in [0.1, 0.15) is 16.7 Å². The van der Waals surface area contributed by atoms with E-state index >= 15 is 0 Å². The van der Waals surface area contributed by atoms with E-state index in [4.69, 9.17) is 14.5 Å². The third-order valence-electron chi connectivity index (χ3n) is 5.78. The Morgan fingerprint density at radius 2 is 1.46 bits per heavy atom. The van der Waals surface area contributed by atoms with Crippen molar-refractivity contribution in [2.24, 2.45) is 4.99 Å². The number of amidine groups is 1. The van der Waals surface area contributed by atoms with Crippen molar-refractivity contribution in [3.05, 3.63) is 131 Å². The van der Waals surface area contributed by atoms with Gasteiger partial charge in [-0.1, -0.05) is 84.9 Å². The van der Waals surface area contributed by atoms with Gasteiger partial charge in [0.2, 0.25) is 0 Å². The van der Waals surface area contributed by atoms with Crippen molar-refractivity contribution in [1.29, 1.82) is 0 Å². The van der Waals surface area contributed by atoms with Crippen LogP contribution >= 0.6 is 11.8 Å². The summed E-state index contributed by atoms with van der Waals surface area (Å²) in [5, 5.41) is 0.654. The van der Waals surface area contributed by atoms with Gasteiger partial charge in [-0.2, -0.15) is 0 Å². The number of amides is 1. The smallest absolute Gasteiger partial charge is 0.267 e. The number of para-hydroxylation sites is 1. The normalized spacial score (nSPS) is 15.4. The minimum atomic E-state index is -0.0769. The molecule has 1 aliphatic heterocycles. The molecule has 0 aromatic heterocycles. The number of carbonyl (C=O) groups excluding carboxylic acids is 1. The van der Waals surface area contributed by atoms with Gasteiger partial charge in [0.25, 0.3) is 5.91 Å². The molecule has 6 heteroatoms. The lowest BCUT2D eigenvalue weighted by Crippen LogP contribution is -2.28. The highest BCUT2D eigenvalue weighted by Crippen LogP contribution is 2.36. The molecule has 5 rings (SSSR count). The number of benzene rings is 4. The zero-order valence-electron chi connectivity index (χ0n) is 20.4. The molecule has 4 aromatic carbocycles. The monoisotopic (exact) mass is 506 g/mol.